The summed E-state index contributed by atoms with van der Waals surface area (Å²) in [5.74, 6) is 0. The highest BCUT2D eigenvalue weighted by Crippen LogP contribution is 2.21. The molecular weight excluding hydrogens is 228 g/mol. The molecular formula is C14H18N2S. The topological polar surface area (TPSA) is 38.9 Å². The molecule has 0 bridgehead atoms. The summed E-state index contributed by atoms with van der Waals surface area (Å²) in [6.07, 6.45) is 2.80. The largest absolute Gasteiger partial charge is 0.323 e. The van der Waals surface area contributed by atoms with Gasteiger partial charge in [0.25, 0.3) is 0 Å². The monoisotopic (exact) mass is 246 g/mol. The fourth-order valence-corrected chi connectivity index (χ4v) is 2.61. The molecule has 3 heteroatoms. The summed E-state index contributed by atoms with van der Waals surface area (Å²) in [5, 5.41) is 1.14. The second-order valence-corrected chi connectivity index (χ2v) is 5.69. The minimum absolute atomic E-state index is 0.0843. The smallest absolute Gasteiger partial charge is 0.0972 e. The maximum absolute atomic E-state index is 5.83. The lowest BCUT2D eigenvalue weighted by molar-refractivity contribution is 0.835. The molecule has 0 saturated carbocycles. The molecule has 0 fully saturated rings. The number of nitrogens with two attached hydrogens (primary N) is 1. The molecule has 2 rings (SSSR count). The van der Waals surface area contributed by atoms with Crippen LogP contribution in [0.5, 0.6) is 0 Å². The zero-order valence-corrected chi connectivity index (χ0v) is 11.3. The number of nitrogens with zero attached hydrogens (tertiary/aromatic N) is 1. The van der Waals surface area contributed by atoms with Crippen LogP contribution in [0.3, 0.4) is 0 Å². The predicted octanol–water partition coefficient (Wildman–Crippen LogP) is 3.37. The van der Waals surface area contributed by atoms with E-state index in [1.165, 1.54) is 16.7 Å². The van der Waals surface area contributed by atoms with Crippen LogP contribution in [0, 0.1) is 13.8 Å². The Morgan fingerprint density at radius 3 is 2.65 bits per heavy atom. The van der Waals surface area contributed by atoms with Crippen molar-refractivity contribution in [1.82, 2.24) is 4.98 Å². The second-order valence-electron chi connectivity index (χ2n) is 4.54. The summed E-state index contributed by atoms with van der Waals surface area (Å²) < 4.78 is 0. The van der Waals surface area contributed by atoms with E-state index in [1.807, 2.05) is 13.1 Å². The Morgan fingerprint density at radius 1 is 1.29 bits per heavy atom. The highest BCUT2D eigenvalue weighted by Gasteiger charge is 2.06. The molecule has 0 spiro atoms. The van der Waals surface area contributed by atoms with Gasteiger partial charge in [0.1, 0.15) is 0 Å². The van der Waals surface area contributed by atoms with E-state index in [1.54, 1.807) is 11.3 Å². The van der Waals surface area contributed by atoms with E-state index in [0.717, 1.165) is 16.3 Å². The maximum atomic E-state index is 5.83. The number of hydrogen-bond acceptors (Lipinski definition) is 3. The average Bonchev–Trinajstić information content (AvgIpc) is 2.72. The number of rotatable bonds is 3. The van der Waals surface area contributed by atoms with Crippen LogP contribution in [0.15, 0.2) is 24.4 Å². The van der Waals surface area contributed by atoms with Crippen LogP contribution < -0.4 is 5.73 Å². The average molecular weight is 246 g/mol. The summed E-state index contributed by atoms with van der Waals surface area (Å²) in [6, 6.07) is 6.67. The van der Waals surface area contributed by atoms with Gasteiger partial charge < -0.3 is 5.73 Å². The highest BCUT2D eigenvalue weighted by atomic mass is 32.1. The van der Waals surface area contributed by atoms with E-state index in [-0.39, 0.29) is 6.04 Å². The molecule has 1 atom stereocenters. The lowest BCUT2D eigenvalue weighted by atomic mass is 10.0. The number of benzene rings is 1. The summed E-state index contributed by atoms with van der Waals surface area (Å²) in [7, 11) is 0. The molecule has 0 amide bonds. The molecule has 2 aromatic rings. The first-order valence-electron chi connectivity index (χ1n) is 5.82. The fraction of sp³-hybridized carbons (Fsp3) is 0.357. The summed E-state index contributed by atoms with van der Waals surface area (Å²) in [5.41, 5.74) is 9.83. The normalized spacial score (nSPS) is 12.7. The van der Waals surface area contributed by atoms with Crippen LogP contribution in [0.2, 0.25) is 0 Å². The van der Waals surface area contributed by atoms with Gasteiger partial charge in [0.05, 0.1) is 5.01 Å². The number of hydrogen-bond donors (Lipinski definition) is 1. The van der Waals surface area contributed by atoms with Crippen LogP contribution in [-0.4, -0.2) is 4.98 Å². The number of thiazole rings is 1. The van der Waals surface area contributed by atoms with Crippen LogP contribution >= 0.6 is 11.3 Å². The Balaban J connectivity index is 2.16. The van der Waals surface area contributed by atoms with Gasteiger partial charge in [-0.3, -0.25) is 0 Å². The van der Waals surface area contributed by atoms with Gasteiger partial charge in [0.2, 0.25) is 0 Å². The van der Waals surface area contributed by atoms with Gasteiger partial charge in [-0.25, -0.2) is 4.98 Å². The van der Waals surface area contributed by atoms with E-state index >= 15 is 0 Å². The first-order valence-corrected chi connectivity index (χ1v) is 6.64. The van der Waals surface area contributed by atoms with Crippen molar-refractivity contribution in [2.45, 2.75) is 33.2 Å². The Labute approximate surface area is 107 Å². The minimum atomic E-state index is 0.0843. The van der Waals surface area contributed by atoms with E-state index in [2.05, 4.69) is 37.0 Å². The fourth-order valence-electron chi connectivity index (χ4n) is 1.70. The minimum Gasteiger partial charge on any atom is -0.323 e. The quantitative estimate of drug-likeness (QED) is 0.901. The van der Waals surface area contributed by atoms with Crippen molar-refractivity contribution in [3.8, 4) is 0 Å². The van der Waals surface area contributed by atoms with Crippen LogP contribution in [-0.2, 0) is 6.42 Å². The standard InChI is InChI=1S/C14H18N2S/c1-9-4-5-12(6-10(9)2)7-14-16-8-13(17-14)11(3)15/h4-6,8,11H,7,15H2,1-3H3. The molecule has 17 heavy (non-hydrogen) atoms. The Kier molecular flexibility index (Phi) is 3.60. The molecule has 1 aromatic carbocycles. The lowest BCUT2D eigenvalue weighted by Gasteiger charge is -2.03. The zero-order chi connectivity index (χ0) is 12.4. The van der Waals surface area contributed by atoms with Crippen molar-refractivity contribution in [2.75, 3.05) is 0 Å². The van der Waals surface area contributed by atoms with Gasteiger partial charge in [-0.15, -0.1) is 11.3 Å². The molecule has 0 aliphatic rings. The van der Waals surface area contributed by atoms with Gasteiger partial charge in [-0.2, -0.15) is 0 Å². The van der Waals surface area contributed by atoms with Crippen molar-refractivity contribution in [1.29, 1.82) is 0 Å². The van der Waals surface area contributed by atoms with Gasteiger partial charge >= 0.3 is 0 Å². The first-order chi connectivity index (χ1) is 8.06. The van der Waals surface area contributed by atoms with E-state index in [4.69, 9.17) is 5.73 Å². The maximum Gasteiger partial charge on any atom is 0.0972 e. The second kappa shape index (κ2) is 4.98. The van der Waals surface area contributed by atoms with Gasteiger partial charge in [0.15, 0.2) is 0 Å². The van der Waals surface area contributed by atoms with Crippen molar-refractivity contribution in [2.24, 2.45) is 5.73 Å². The van der Waals surface area contributed by atoms with Gasteiger partial charge in [-0.1, -0.05) is 18.2 Å². The SMILES string of the molecule is Cc1ccc(Cc2ncc(C(C)N)s2)cc1C. The molecule has 2 N–H and O–H groups in total. The molecule has 0 radical (unpaired) electrons. The molecule has 0 aliphatic heterocycles. The van der Waals surface area contributed by atoms with Crippen molar-refractivity contribution in [3.63, 3.8) is 0 Å². The van der Waals surface area contributed by atoms with E-state index < -0.39 is 0 Å². The number of aryl methyl sites for hydroxylation is 2. The van der Waals surface area contributed by atoms with E-state index in [9.17, 15) is 0 Å². The third kappa shape index (κ3) is 2.93. The molecule has 0 aliphatic carbocycles. The third-order valence-corrected chi connectivity index (χ3v) is 4.15. The molecule has 1 heterocycles. The van der Waals surface area contributed by atoms with E-state index in [0.29, 0.717) is 0 Å². The Hall–Kier alpha value is -1.19. The van der Waals surface area contributed by atoms with Crippen LogP contribution in [0.1, 0.15) is 39.5 Å². The molecule has 1 unspecified atom stereocenters. The highest BCUT2D eigenvalue weighted by molar-refractivity contribution is 7.11. The summed E-state index contributed by atoms with van der Waals surface area (Å²) >= 11 is 1.71. The van der Waals surface area contributed by atoms with Crippen molar-refractivity contribution in [3.05, 3.63) is 51.0 Å². The third-order valence-electron chi connectivity index (χ3n) is 2.95. The number of aromatic nitrogens is 1. The van der Waals surface area contributed by atoms with Crippen molar-refractivity contribution >= 4 is 11.3 Å². The lowest BCUT2D eigenvalue weighted by Crippen LogP contribution is -2.01. The molecule has 0 saturated heterocycles. The van der Waals surface area contributed by atoms with Crippen LogP contribution in [0.4, 0.5) is 0 Å². The molecule has 2 nitrogen and oxygen atoms in total. The summed E-state index contributed by atoms with van der Waals surface area (Å²) in [6.45, 7) is 6.28. The van der Waals surface area contributed by atoms with Gasteiger partial charge in [0, 0.05) is 23.5 Å². The molecule has 1 aromatic heterocycles. The first kappa shape index (κ1) is 12.3. The summed E-state index contributed by atoms with van der Waals surface area (Å²) in [4.78, 5) is 5.58. The Morgan fingerprint density at radius 2 is 2.06 bits per heavy atom. The zero-order valence-electron chi connectivity index (χ0n) is 10.5. The Bertz CT molecular complexity index is 515. The predicted molar refractivity (Wildman–Crippen MR) is 73.4 cm³/mol. The van der Waals surface area contributed by atoms with Gasteiger partial charge in [-0.05, 0) is 37.5 Å². The molecule has 90 valence electrons. The van der Waals surface area contributed by atoms with Crippen LogP contribution in [0.25, 0.3) is 0 Å². The van der Waals surface area contributed by atoms with Crippen molar-refractivity contribution < 1.29 is 0 Å².